The number of carbonyl (C=O) groups is 2. The average Bonchev–Trinajstić information content (AvgIpc) is 2.79. The molecule has 2 amide bonds. The van der Waals surface area contributed by atoms with Gasteiger partial charge in [-0.1, -0.05) is 6.07 Å². The Morgan fingerprint density at radius 1 is 1.28 bits per heavy atom. The monoisotopic (exact) mass is 447 g/mol. The first-order valence-corrected chi connectivity index (χ1v) is 10.3. The predicted octanol–water partition coefficient (Wildman–Crippen LogP) is 1.88. The molecule has 32 heavy (non-hydrogen) atoms. The van der Waals surface area contributed by atoms with E-state index >= 15 is 0 Å². The lowest BCUT2D eigenvalue weighted by Crippen LogP contribution is -2.55. The smallest absolute Gasteiger partial charge is 0.274 e. The lowest BCUT2D eigenvalue weighted by molar-refractivity contribution is -0.0134. The molecule has 8 nitrogen and oxygen atoms in total. The lowest BCUT2D eigenvalue weighted by Gasteiger charge is -2.45. The minimum Gasteiger partial charge on any atom is -0.503 e. The molecule has 0 aliphatic carbocycles. The molecular weight excluding hydrogens is 424 g/mol. The van der Waals surface area contributed by atoms with Crippen LogP contribution < -0.4 is 10.7 Å². The fourth-order valence-corrected chi connectivity index (χ4v) is 4.39. The highest BCUT2D eigenvalue weighted by molar-refractivity contribution is 5.99. The van der Waals surface area contributed by atoms with Crippen molar-refractivity contribution in [2.75, 3.05) is 19.8 Å². The normalized spacial score (nSPS) is 20.0. The van der Waals surface area contributed by atoms with Crippen molar-refractivity contribution in [3.05, 3.63) is 62.6 Å². The average molecular weight is 447 g/mol. The Morgan fingerprint density at radius 2 is 2.03 bits per heavy atom. The molecular formula is C22H23F2N3O5. The van der Waals surface area contributed by atoms with Crippen LogP contribution in [0.2, 0.25) is 0 Å². The molecule has 0 radical (unpaired) electrons. The summed E-state index contributed by atoms with van der Waals surface area (Å²) in [7, 11) is 0. The number of pyridine rings is 1. The largest absolute Gasteiger partial charge is 0.503 e. The number of likely N-dealkylation sites (N-methyl/N-ethyl adjacent to an activating group) is 1. The van der Waals surface area contributed by atoms with Crippen LogP contribution in [0.4, 0.5) is 8.78 Å². The van der Waals surface area contributed by atoms with Gasteiger partial charge in [0.1, 0.15) is 17.2 Å². The van der Waals surface area contributed by atoms with Crippen molar-refractivity contribution in [1.29, 1.82) is 0 Å². The molecule has 1 aromatic carbocycles. The zero-order valence-corrected chi connectivity index (χ0v) is 17.7. The molecule has 4 rings (SSSR count). The van der Waals surface area contributed by atoms with Crippen LogP contribution in [0.15, 0.2) is 23.1 Å². The van der Waals surface area contributed by atoms with Crippen molar-refractivity contribution in [2.45, 2.75) is 38.9 Å². The Labute approximate surface area is 182 Å². The molecule has 2 N–H and O–H groups in total. The second-order valence-corrected chi connectivity index (χ2v) is 7.89. The molecule has 0 spiro atoms. The van der Waals surface area contributed by atoms with Gasteiger partial charge in [0.2, 0.25) is 5.43 Å². The third kappa shape index (κ3) is 3.44. The zero-order chi connectivity index (χ0) is 23.2. The van der Waals surface area contributed by atoms with Crippen LogP contribution in [0.1, 0.15) is 51.4 Å². The number of ether oxygens (including phenoxy) is 1. The van der Waals surface area contributed by atoms with Crippen LogP contribution in [0.25, 0.3) is 0 Å². The van der Waals surface area contributed by atoms with E-state index in [0.29, 0.717) is 19.6 Å². The van der Waals surface area contributed by atoms with E-state index in [1.807, 2.05) is 6.92 Å². The summed E-state index contributed by atoms with van der Waals surface area (Å²) in [6, 6.07) is 1.74. The fourth-order valence-electron chi connectivity index (χ4n) is 4.39. The Morgan fingerprint density at radius 3 is 2.75 bits per heavy atom. The van der Waals surface area contributed by atoms with E-state index in [9.17, 15) is 28.3 Å². The summed E-state index contributed by atoms with van der Waals surface area (Å²) in [5.74, 6) is -3.64. The second kappa shape index (κ2) is 8.34. The summed E-state index contributed by atoms with van der Waals surface area (Å²) < 4.78 is 34.7. The molecule has 1 fully saturated rings. The van der Waals surface area contributed by atoms with Gasteiger partial charge in [-0.2, -0.15) is 0 Å². The first-order valence-electron chi connectivity index (χ1n) is 10.3. The molecule has 1 aromatic heterocycles. The number of aromatic nitrogens is 1. The molecule has 1 saturated heterocycles. The summed E-state index contributed by atoms with van der Waals surface area (Å²) in [5, 5.41) is 13.0. The molecule has 0 bridgehead atoms. The van der Waals surface area contributed by atoms with Crippen LogP contribution in [-0.4, -0.2) is 52.2 Å². The Balaban J connectivity index is 1.69. The Kier molecular flexibility index (Phi) is 5.72. The number of nitrogens with one attached hydrogen (secondary N) is 1. The topological polar surface area (TPSA) is 101 Å². The summed E-state index contributed by atoms with van der Waals surface area (Å²) in [5.41, 5.74) is -1.68. The van der Waals surface area contributed by atoms with Crippen molar-refractivity contribution in [2.24, 2.45) is 0 Å². The third-order valence-corrected chi connectivity index (χ3v) is 6.15. The zero-order valence-electron chi connectivity index (χ0n) is 17.7. The fraction of sp³-hybridized carbons (Fsp3) is 0.409. The van der Waals surface area contributed by atoms with Gasteiger partial charge in [-0.05, 0) is 26.3 Å². The van der Waals surface area contributed by atoms with Crippen molar-refractivity contribution < 1.29 is 28.2 Å². The number of aromatic hydroxyl groups is 1. The molecule has 3 heterocycles. The number of rotatable bonds is 4. The van der Waals surface area contributed by atoms with Crippen LogP contribution in [0.3, 0.4) is 0 Å². The Hall–Kier alpha value is -3.27. The first-order chi connectivity index (χ1) is 15.3. The number of hydrogen-bond donors (Lipinski definition) is 2. The van der Waals surface area contributed by atoms with Crippen LogP contribution in [0.5, 0.6) is 5.75 Å². The number of fused-ring (bicyclic) bond motifs is 3. The van der Waals surface area contributed by atoms with Gasteiger partial charge in [0.15, 0.2) is 11.4 Å². The van der Waals surface area contributed by atoms with Crippen molar-refractivity contribution in [3.8, 4) is 5.75 Å². The number of halogens is 2. The summed E-state index contributed by atoms with van der Waals surface area (Å²) in [6.45, 7) is 3.94. The number of hydrogen-bond acceptors (Lipinski definition) is 5. The van der Waals surface area contributed by atoms with Gasteiger partial charge in [0, 0.05) is 37.0 Å². The summed E-state index contributed by atoms with van der Waals surface area (Å²) in [4.78, 5) is 40.0. The van der Waals surface area contributed by atoms with Crippen LogP contribution in [-0.2, 0) is 11.3 Å². The predicted molar refractivity (Wildman–Crippen MR) is 110 cm³/mol. The van der Waals surface area contributed by atoms with Gasteiger partial charge in [0.05, 0.1) is 18.7 Å². The highest BCUT2D eigenvalue weighted by Gasteiger charge is 2.43. The van der Waals surface area contributed by atoms with E-state index in [0.717, 1.165) is 6.07 Å². The van der Waals surface area contributed by atoms with Gasteiger partial charge in [-0.25, -0.2) is 8.78 Å². The van der Waals surface area contributed by atoms with Gasteiger partial charge in [0.25, 0.3) is 11.8 Å². The molecule has 2 aliphatic rings. The van der Waals surface area contributed by atoms with E-state index < -0.39 is 34.6 Å². The third-order valence-electron chi connectivity index (χ3n) is 6.15. The maximum Gasteiger partial charge on any atom is 0.274 e. The summed E-state index contributed by atoms with van der Waals surface area (Å²) in [6.07, 6.45) is 1.83. The van der Waals surface area contributed by atoms with Gasteiger partial charge >= 0.3 is 0 Å². The molecule has 2 atom stereocenters. The van der Waals surface area contributed by atoms with Gasteiger partial charge < -0.3 is 24.6 Å². The highest BCUT2D eigenvalue weighted by atomic mass is 19.1. The van der Waals surface area contributed by atoms with Crippen LogP contribution >= 0.6 is 0 Å². The lowest BCUT2D eigenvalue weighted by atomic mass is 9.96. The van der Waals surface area contributed by atoms with Gasteiger partial charge in [-0.15, -0.1) is 0 Å². The van der Waals surface area contributed by atoms with E-state index in [2.05, 4.69) is 5.32 Å². The van der Waals surface area contributed by atoms with E-state index in [1.165, 1.54) is 23.8 Å². The SMILES string of the molecule is CCN1C(=O)c2c(O)c(=O)c(C(=O)NCc3ccc(F)c(C)c3F)cn2[C@H]2COCC[C@H]21. The number of benzene rings is 1. The molecule has 170 valence electrons. The maximum atomic E-state index is 14.2. The van der Waals surface area contributed by atoms with Crippen molar-refractivity contribution in [3.63, 3.8) is 0 Å². The van der Waals surface area contributed by atoms with E-state index in [-0.39, 0.29) is 47.6 Å². The van der Waals surface area contributed by atoms with E-state index in [1.54, 1.807) is 4.90 Å². The van der Waals surface area contributed by atoms with Gasteiger partial charge in [-0.3, -0.25) is 14.4 Å². The number of nitrogens with zero attached hydrogens (tertiary/aromatic N) is 2. The van der Waals surface area contributed by atoms with Crippen LogP contribution in [0, 0.1) is 18.6 Å². The standard InChI is InChI=1S/C22H23F2N3O5/c1-3-26-15-6-7-32-10-16(15)27-9-13(19(28)20(29)18(27)22(26)31)21(30)25-8-12-4-5-14(23)11(2)17(12)24/h4-5,9,15-16,29H,3,6-8,10H2,1-2H3,(H,25,30)/t15-,16+/m1/s1. The molecule has 2 aliphatic heterocycles. The minimum absolute atomic E-state index is 0.0500. The number of carbonyl (C=O) groups excluding carboxylic acids is 2. The highest BCUT2D eigenvalue weighted by Crippen LogP contribution is 2.34. The molecule has 2 aromatic rings. The quantitative estimate of drug-likeness (QED) is 0.746. The van der Waals surface area contributed by atoms with Crippen molar-refractivity contribution >= 4 is 11.8 Å². The van der Waals surface area contributed by atoms with Crippen molar-refractivity contribution in [1.82, 2.24) is 14.8 Å². The van der Waals surface area contributed by atoms with E-state index in [4.69, 9.17) is 4.74 Å². The molecule has 0 saturated carbocycles. The summed E-state index contributed by atoms with van der Waals surface area (Å²) >= 11 is 0. The minimum atomic E-state index is -0.996. The Bertz CT molecular complexity index is 1160. The molecule has 0 unspecified atom stereocenters. The second-order valence-electron chi connectivity index (χ2n) is 7.89. The number of amides is 2. The molecule has 10 heteroatoms. The maximum absolute atomic E-state index is 14.2. The first kappa shape index (κ1) is 21.9.